The second-order valence-corrected chi connectivity index (χ2v) is 7.20. The normalized spacial score (nSPS) is 10.7. The minimum absolute atomic E-state index is 0.0392. The van der Waals surface area contributed by atoms with Gasteiger partial charge in [-0.15, -0.1) is 21.5 Å². The van der Waals surface area contributed by atoms with E-state index in [1.807, 2.05) is 22.4 Å². The van der Waals surface area contributed by atoms with Crippen LogP contribution >= 0.6 is 35.2 Å². The van der Waals surface area contributed by atoms with Crippen LogP contribution in [0.15, 0.2) is 40.1 Å². The highest BCUT2D eigenvalue weighted by atomic mass is 35.5. The average Bonchev–Trinajstić information content (AvgIpc) is 3.29. The Kier molecular flexibility index (Phi) is 6.18. The Bertz CT molecular complexity index is 885. The summed E-state index contributed by atoms with van der Waals surface area (Å²) in [6.45, 7) is 3.14. The number of halogens is 2. The SMILES string of the molecule is CCCN(Cc1nnc(-c2cccs2)o1)C(=S)Nc1ccc(F)c(Cl)c1. The van der Waals surface area contributed by atoms with Gasteiger partial charge in [0.1, 0.15) is 5.82 Å². The number of anilines is 1. The molecule has 0 aliphatic heterocycles. The Labute approximate surface area is 164 Å². The molecule has 0 fully saturated rings. The first-order valence-corrected chi connectivity index (χ1v) is 9.60. The summed E-state index contributed by atoms with van der Waals surface area (Å²) in [4.78, 5) is 2.84. The molecule has 26 heavy (non-hydrogen) atoms. The molecule has 0 radical (unpaired) electrons. The van der Waals surface area contributed by atoms with Crippen LogP contribution in [0.5, 0.6) is 0 Å². The number of hydrogen-bond donors (Lipinski definition) is 1. The summed E-state index contributed by atoms with van der Waals surface area (Å²) in [5, 5.41) is 13.7. The fraction of sp³-hybridized carbons (Fsp3) is 0.235. The van der Waals surface area contributed by atoms with Crippen molar-refractivity contribution in [3.8, 4) is 10.8 Å². The minimum atomic E-state index is -0.472. The van der Waals surface area contributed by atoms with Crippen LogP contribution in [0, 0.1) is 5.82 Å². The topological polar surface area (TPSA) is 54.2 Å². The first kappa shape index (κ1) is 18.8. The van der Waals surface area contributed by atoms with Crippen LogP contribution in [0.3, 0.4) is 0 Å². The average molecular weight is 411 g/mol. The minimum Gasteiger partial charge on any atom is -0.418 e. The van der Waals surface area contributed by atoms with Gasteiger partial charge in [-0.1, -0.05) is 24.6 Å². The van der Waals surface area contributed by atoms with Crippen LogP contribution in [-0.4, -0.2) is 26.8 Å². The van der Waals surface area contributed by atoms with Crippen molar-refractivity contribution in [3.05, 3.63) is 52.4 Å². The summed E-state index contributed by atoms with van der Waals surface area (Å²) in [5.74, 6) is 0.499. The van der Waals surface area contributed by atoms with Crippen LogP contribution in [-0.2, 0) is 6.54 Å². The Balaban J connectivity index is 1.70. The number of thiocarbonyl (C=S) groups is 1. The van der Waals surface area contributed by atoms with E-state index in [0.29, 0.717) is 35.7 Å². The van der Waals surface area contributed by atoms with E-state index in [4.69, 9.17) is 28.2 Å². The lowest BCUT2D eigenvalue weighted by atomic mass is 10.3. The highest BCUT2D eigenvalue weighted by Gasteiger charge is 2.16. The number of benzene rings is 1. The lowest BCUT2D eigenvalue weighted by Gasteiger charge is -2.24. The highest BCUT2D eigenvalue weighted by Crippen LogP contribution is 2.24. The van der Waals surface area contributed by atoms with Crippen LogP contribution in [0.1, 0.15) is 19.2 Å². The van der Waals surface area contributed by atoms with Crippen molar-refractivity contribution in [2.75, 3.05) is 11.9 Å². The van der Waals surface area contributed by atoms with E-state index in [1.54, 1.807) is 6.07 Å². The molecule has 2 heterocycles. The van der Waals surface area contributed by atoms with Gasteiger partial charge in [0.25, 0.3) is 5.89 Å². The Morgan fingerprint density at radius 2 is 2.23 bits per heavy atom. The molecule has 0 spiro atoms. The predicted molar refractivity (Wildman–Crippen MR) is 106 cm³/mol. The van der Waals surface area contributed by atoms with Gasteiger partial charge >= 0.3 is 0 Å². The van der Waals surface area contributed by atoms with Gasteiger partial charge in [0, 0.05) is 12.2 Å². The van der Waals surface area contributed by atoms with Gasteiger partial charge in [0.05, 0.1) is 16.4 Å². The fourth-order valence-corrected chi connectivity index (χ4v) is 3.38. The van der Waals surface area contributed by atoms with Crippen LogP contribution in [0.4, 0.5) is 10.1 Å². The van der Waals surface area contributed by atoms with Crippen molar-refractivity contribution in [1.82, 2.24) is 15.1 Å². The number of rotatable bonds is 6. The standard InChI is InChI=1S/C17H16ClFN4OS2/c1-2-7-23(17(25)20-11-5-6-13(19)12(18)9-11)10-15-21-22-16(24-15)14-4-3-8-26-14/h3-6,8-9H,2,7,10H2,1H3,(H,20,25). The summed E-state index contributed by atoms with van der Waals surface area (Å²) >= 11 is 12.8. The van der Waals surface area contributed by atoms with Crippen molar-refractivity contribution in [1.29, 1.82) is 0 Å². The van der Waals surface area contributed by atoms with Gasteiger partial charge in [-0.3, -0.25) is 0 Å². The van der Waals surface area contributed by atoms with E-state index < -0.39 is 5.82 Å². The van der Waals surface area contributed by atoms with E-state index in [9.17, 15) is 4.39 Å². The Hall–Kier alpha value is -2.03. The van der Waals surface area contributed by atoms with E-state index in [-0.39, 0.29) is 5.02 Å². The molecule has 0 atom stereocenters. The van der Waals surface area contributed by atoms with Crippen molar-refractivity contribution in [3.63, 3.8) is 0 Å². The van der Waals surface area contributed by atoms with Gasteiger partial charge in [-0.05, 0) is 48.3 Å². The van der Waals surface area contributed by atoms with Crippen LogP contribution in [0.25, 0.3) is 10.8 Å². The van der Waals surface area contributed by atoms with Crippen LogP contribution in [0.2, 0.25) is 5.02 Å². The molecule has 0 unspecified atom stereocenters. The summed E-state index contributed by atoms with van der Waals surface area (Å²) in [5.41, 5.74) is 0.618. The summed E-state index contributed by atoms with van der Waals surface area (Å²) in [6.07, 6.45) is 0.887. The number of thiophene rings is 1. The molecule has 0 saturated carbocycles. The molecule has 0 saturated heterocycles. The molecule has 0 amide bonds. The molecule has 1 aromatic carbocycles. The molecule has 5 nitrogen and oxygen atoms in total. The first-order chi connectivity index (χ1) is 12.6. The van der Waals surface area contributed by atoms with Crippen molar-refractivity contribution >= 4 is 46.0 Å². The van der Waals surface area contributed by atoms with Gasteiger partial charge < -0.3 is 14.6 Å². The van der Waals surface area contributed by atoms with E-state index >= 15 is 0 Å². The molecule has 0 aliphatic rings. The quantitative estimate of drug-likeness (QED) is 0.563. The zero-order valence-electron chi connectivity index (χ0n) is 13.9. The van der Waals surface area contributed by atoms with Gasteiger partial charge in [-0.2, -0.15) is 0 Å². The second-order valence-electron chi connectivity index (χ2n) is 5.46. The first-order valence-electron chi connectivity index (χ1n) is 7.94. The smallest absolute Gasteiger partial charge is 0.257 e. The summed E-state index contributed by atoms with van der Waals surface area (Å²) < 4.78 is 19.0. The molecule has 136 valence electrons. The van der Waals surface area contributed by atoms with E-state index in [2.05, 4.69) is 22.4 Å². The number of nitrogens with one attached hydrogen (secondary N) is 1. The second kappa shape index (κ2) is 8.57. The molecule has 0 bridgehead atoms. The lowest BCUT2D eigenvalue weighted by molar-refractivity contribution is 0.359. The molecule has 3 aromatic rings. The predicted octanol–water partition coefficient (Wildman–Crippen LogP) is 5.20. The van der Waals surface area contributed by atoms with Crippen molar-refractivity contribution in [2.24, 2.45) is 0 Å². The molecular formula is C17H16ClFN4OS2. The highest BCUT2D eigenvalue weighted by molar-refractivity contribution is 7.80. The number of hydrogen-bond acceptors (Lipinski definition) is 5. The largest absolute Gasteiger partial charge is 0.418 e. The van der Waals surface area contributed by atoms with Gasteiger partial charge in [0.15, 0.2) is 5.11 Å². The number of aromatic nitrogens is 2. The van der Waals surface area contributed by atoms with E-state index in [1.165, 1.54) is 23.5 Å². The van der Waals surface area contributed by atoms with Crippen molar-refractivity contribution < 1.29 is 8.81 Å². The van der Waals surface area contributed by atoms with Gasteiger partial charge in [0.2, 0.25) is 5.89 Å². The fourth-order valence-electron chi connectivity index (χ4n) is 2.28. The third-order valence-electron chi connectivity index (χ3n) is 3.48. The Morgan fingerprint density at radius 1 is 1.38 bits per heavy atom. The zero-order valence-corrected chi connectivity index (χ0v) is 16.3. The maximum absolute atomic E-state index is 13.3. The molecule has 3 rings (SSSR count). The maximum Gasteiger partial charge on any atom is 0.257 e. The molecule has 0 aliphatic carbocycles. The lowest BCUT2D eigenvalue weighted by Crippen LogP contribution is -2.35. The summed E-state index contributed by atoms with van der Waals surface area (Å²) in [7, 11) is 0. The molecule has 2 aromatic heterocycles. The number of nitrogens with zero attached hydrogens (tertiary/aromatic N) is 3. The molecule has 9 heteroatoms. The van der Waals surface area contributed by atoms with E-state index in [0.717, 1.165) is 11.3 Å². The summed E-state index contributed by atoms with van der Waals surface area (Å²) in [6, 6.07) is 8.23. The zero-order chi connectivity index (χ0) is 18.5. The molecule has 1 N–H and O–H groups in total. The third-order valence-corrected chi connectivity index (χ3v) is 4.98. The maximum atomic E-state index is 13.3. The monoisotopic (exact) mass is 410 g/mol. The third kappa shape index (κ3) is 4.57. The van der Waals surface area contributed by atoms with Crippen LogP contribution < -0.4 is 5.32 Å². The Morgan fingerprint density at radius 3 is 2.92 bits per heavy atom. The molecular weight excluding hydrogens is 395 g/mol. The van der Waals surface area contributed by atoms with Gasteiger partial charge in [-0.25, -0.2) is 4.39 Å². The van der Waals surface area contributed by atoms with Crippen molar-refractivity contribution in [2.45, 2.75) is 19.9 Å².